The molecular weight excluding hydrogens is 212 g/mol. The van der Waals surface area contributed by atoms with Crippen molar-refractivity contribution in [1.29, 1.82) is 0 Å². The molecule has 2 atom stereocenters. The summed E-state index contributed by atoms with van der Waals surface area (Å²) in [5.41, 5.74) is 1.28. The number of esters is 1. The molecule has 2 aromatic carbocycles. The van der Waals surface area contributed by atoms with Crippen molar-refractivity contribution in [1.82, 2.24) is 0 Å². The quantitative estimate of drug-likeness (QED) is 0.735. The van der Waals surface area contributed by atoms with Gasteiger partial charge in [0.15, 0.2) is 0 Å². The predicted molar refractivity (Wildman–Crippen MR) is 66.8 cm³/mol. The summed E-state index contributed by atoms with van der Waals surface area (Å²) < 4.78 is 4.80. The summed E-state index contributed by atoms with van der Waals surface area (Å²) in [4.78, 5) is 11.5. The topological polar surface area (TPSA) is 26.3 Å². The highest BCUT2D eigenvalue weighted by Gasteiger charge is 2.45. The minimum Gasteiger partial charge on any atom is -0.469 e. The van der Waals surface area contributed by atoms with Gasteiger partial charge in [-0.3, -0.25) is 4.79 Å². The first-order valence-electron chi connectivity index (χ1n) is 5.87. The highest BCUT2D eigenvalue weighted by atomic mass is 16.5. The molecule has 0 bridgehead atoms. The van der Waals surface area contributed by atoms with Crippen molar-refractivity contribution in [2.75, 3.05) is 7.11 Å². The van der Waals surface area contributed by atoms with Crippen molar-refractivity contribution in [2.45, 2.75) is 12.3 Å². The summed E-state index contributed by atoms with van der Waals surface area (Å²) in [7, 11) is 1.46. The molecule has 2 aromatic rings. The summed E-state index contributed by atoms with van der Waals surface area (Å²) >= 11 is 0. The van der Waals surface area contributed by atoms with Crippen molar-refractivity contribution in [3.8, 4) is 0 Å². The second-order valence-corrected chi connectivity index (χ2v) is 4.54. The molecule has 0 aromatic heterocycles. The minimum atomic E-state index is -0.0806. The fourth-order valence-corrected chi connectivity index (χ4v) is 2.52. The van der Waals surface area contributed by atoms with E-state index in [2.05, 4.69) is 30.3 Å². The van der Waals surface area contributed by atoms with Crippen LogP contribution in [0.1, 0.15) is 17.9 Å². The number of carbonyl (C=O) groups excluding carboxylic acids is 1. The molecule has 1 aliphatic carbocycles. The summed E-state index contributed by atoms with van der Waals surface area (Å²) in [5, 5.41) is 2.49. The van der Waals surface area contributed by atoms with E-state index in [4.69, 9.17) is 4.74 Å². The first kappa shape index (κ1) is 10.3. The van der Waals surface area contributed by atoms with E-state index in [0.29, 0.717) is 5.92 Å². The van der Waals surface area contributed by atoms with Gasteiger partial charge in [0.25, 0.3) is 0 Å². The van der Waals surface area contributed by atoms with Gasteiger partial charge >= 0.3 is 5.97 Å². The number of hydrogen-bond donors (Lipinski definition) is 0. The van der Waals surface area contributed by atoms with Crippen LogP contribution in [0.25, 0.3) is 10.8 Å². The first-order valence-corrected chi connectivity index (χ1v) is 5.87. The van der Waals surface area contributed by atoms with Crippen molar-refractivity contribution in [3.05, 3.63) is 48.0 Å². The molecule has 1 fully saturated rings. The Labute approximate surface area is 100 Å². The maximum atomic E-state index is 11.5. The zero-order chi connectivity index (χ0) is 11.8. The lowest BCUT2D eigenvalue weighted by atomic mass is 10.0. The van der Waals surface area contributed by atoms with Crippen molar-refractivity contribution < 1.29 is 9.53 Å². The Hall–Kier alpha value is -1.83. The smallest absolute Gasteiger partial charge is 0.309 e. The molecule has 2 heteroatoms. The van der Waals surface area contributed by atoms with Crippen LogP contribution in [0.15, 0.2) is 42.5 Å². The third-order valence-corrected chi connectivity index (χ3v) is 3.52. The third kappa shape index (κ3) is 1.70. The average Bonchev–Trinajstić information content (AvgIpc) is 3.17. The fraction of sp³-hybridized carbons (Fsp3) is 0.267. The summed E-state index contributed by atoms with van der Waals surface area (Å²) in [6, 6.07) is 14.6. The second kappa shape index (κ2) is 3.88. The van der Waals surface area contributed by atoms with Crippen LogP contribution in [0, 0.1) is 5.92 Å². The van der Waals surface area contributed by atoms with Crippen molar-refractivity contribution in [3.63, 3.8) is 0 Å². The lowest BCUT2D eigenvalue weighted by Crippen LogP contribution is -2.03. The normalized spacial score (nSPS) is 22.4. The van der Waals surface area contributed by atoms with E-state index < -0.39 is 0 Å². The summed E-state index contributed by atoms with van der Waals surface area (Å²) in [5.74, 6) is 0.322. The lowest BCUT2D eigenvalue weighted by Gasteiger charge is -2.05. The van der Waals surface area contributed by atoms with E-state index in [1.165, 1.54) is 23.4 Å². The third-order valence-electron chi connectivity index (χ3n) is 3.52. The number of carbonyl (C=O) groups is 1. The number of rotatable bonds is 2. The van der Waals surface area contributed by atoms with Gasteiger partial charge in [-0.2, -0.15) is 0 Å². The van der Waals surface area contributed by atoms with Crippen LogP contribution < -0.4 is 0 Å². The molecule has 0 aliphatic heterocycles. The number of ether oxygens (including phenoxy) is 1. The van der Waals surface area contributed by atoms with Crippen LogP contribution in [0.3, 0.4) is 0 Å². The molecule has 0 radical (unpaired) electrons. The lowest BCUT2D eigenvalue weighted by molar-refractivity contribution is -0.142. The Bertz CT molecular complexity index is 569. The van der Waals surface area contributed by atoms with Crippen LogP contribution in [0.4, 0.5) is 0 Å². The number of benzene rings is 2. The molecule has 0 saturated heterocycles. The molecule has 0 spiro atoms. The first-order chi connectivity index (χ1) is 8.31. The Morgan fingerprint density at radius 3 is 2.76 bits per heavy atom. The average molecular weight is 226 g/mol. The van der Waals surface area contributed by atoms with Gasteiger partial charge < -0.3 is 4.74 Å². The fourth-order valence-electron chi connectivity index (χ4n) is 2.52. The van der Waals surface area contributed by atoms with Gasteiger partial charge in [0, 0.05) is 0 Å². The van der Waals surface area contributed by atoms with Crippen LogP contribution in [-0.2, 0) is 9.53 Å². The molecule has 86 valence electrons. The largest absolute Gasteiger partial charge is 0.469 e. The van der Waals surface area contributed by atoms with Gasteiger partial charge in [-0.15, -0.1) is 0 Å². The minimum absolute atomic E-state index is 0.0609. The Kier molecular flexibility index (Phi) is 2.36. The molecule has 0 heterocycles. The molecule has 0 amide bonds. The van der Waals surface area contributed by atoms with Crippen LogP contribution in [-0.4, -0.2) is 13.1 Å². The van der Waals surface area contributed by atoms with Crippen LogP contribution in [0.2, 0.25) is 0 Å². The summed E-state index contributed by atoms with van der Waals surface area (Å²) in [6.45, 7) is 0. The van der Waals surface area contributed by atoms with E-state index in [1.54, 1.807) is 0 Å². The van der Waals surface area contributed by atoms with Crippen molar-refractivity contribution in [2.24, 2.45) is 5.92 Å². The molecule has 0 N–H and O–H groups in total. The van der Waals surface area contributed by atoms with Gasteiger partial charge in [0.05, 0.1) is 13.0 Å². The monoisotopic (exact) mass is 226 g/mol. The van der Waals surface area contributed by atoms with Crippen LogP contribution in [0.5, 0.6) is 0 Å². The number of hydrogen-bond acceptors (Lipinski definition) is 2. The maximum absolute atomic E-state index is 11.5. The maximum Gasteiger partial charge on any atom is 0.309 e. The predicted octanol–water partition coefficient (Wildman–Crippen LogP) is 3.12. The van der Waals surface area contributed by atoms with E-state index in [-0.39, 0.29) is 11.9 Å². The zero-order valence-corrected chi connectivity index (χ0v) is 9.72. The Balaban J connectivity index is 2.00. The molecule has 0 unspecified atom stereocenters. The molecular formula is C15H14O2. The van der Waals surface area contributed by atoms with E-state index in [0.717, 1.165) is 6.42 Å². The van der Waals surface area contributed by atoms with E-state index in [9.17, 15) is 4.79 Å². The Morgan fingerprint density at radius 1 is 1.18 bits per heavy atom. The van der Waals surface area contributed by atoms with E-state index >= 15 is 0 Å². The highest BCUT2D eigenvalue weighted by Crippen LogP contribution is 2.49. The van der Waals surface area contributed by atoms with E-state index in [1.807, 2.05) is 12.1 Å². The van der Waals surface area contributed by atoms with Gasteiger partial charge in [-0.05, 0) is 28.7 Å². The zero-order valence-electron chi connectivity index (χ0n) is 9.72. The number of methoxy groups -OCH3 is 1. The second-order valence-electron chi connectivity index (χ2n) is 4.54. The molecule has 1 saturated carbocycles. The molecule has 3 rings (SSSR count). The van der Waals surface area contributed by atoms with Crippen LogP contribution >= 0.6 is 0 Å². The Morgan fingerprint density at radius 2 is 1.94 bits per heavy atom. The van der Waals surface area contributed by atoms with Gasteiger partial charge in [-0.25, -0.2) is 0 Å². The molecule has 1 aliphatic rings. The number of fused-ring (bicyclic) bond motifs is 1. The molecule has 17 heavy (non-hydrogen) atoms. The summed E-state index contributed by atoms with van der Waals surface area (Å²) in [6.07, 6.45) is 0.917. The highest BCUT2D eigenvalue weighted by molar-refractivity contribution is 5.88. The van der Waals surface area contributed by atoms with Gasteiger partial charge in [-0.1, -0.05) is 42.5 Å². The standard InChI is InChI=1S/C15H14O2/c1-17-15(16)14-9-13(14)12-8-4-6-10-5-2-3-7-11(10)12/h2-8,13-14H,9H2,1H3/t13-,14+/m0/s1. The van der Waals surface area contributed by atoms with Gasteiger partial charge in [0.1, 0.15) is 0 Å². The SMILES string of the molecule is COC(=O)[C@@H]1C[C@H]1c1cccc2ccccc12. The molecule has 2 nitrogen and oxygen atoms in total. The van der Waals surface area contributed by atoms with Gasteiger partial charge in [0.2, 0.25) is 0 Å². The van der Waals surface area contributed by atoms with Crippen molar-refractivity contribution >= 4 is 16.7 Å².